The van der Waals surface area contributed by atoms with Gasteiger partial charge in [-0.3, -0.25) is 9.59 Å². The van der Waals surface area contributed by atoms with Crippen LogP contribution >= 0.6 is 0 Å². The van der Waals surface area contributed by atoms with Crippen molar-refractivity contribution < 1.29 is 14.3 Å². The number of rotatable bonds is 7. The molecule has 6 nitrogen and oxygen atoms in total. The van der Waals surface area contributed by atoms with Crippen LogP contribution in [0.4, 0.5) is 11.4 Å². The molecule has 0 aliphatic carbocycles. The van der Waals surface area contributed by atoms with E-state index in [1.165, 1.54) is 5.56 Å². The van der Waals surface area contributed by atoms with Crippen LogP contribution < -0.4 is 15.5 Å². The Bertz CT molecular complexity index is 790. The molecule has 6 heteroatoms. The van der Waals surface area contributed by atoms with Crippen LogP contribution in [0.15, 0.2) is 48.5 Å². The second kappa shape index (κ2) is 9.19. The SMILES string of the molecule is COCCNC(=O)c1ccc(NC(=O)CN2CCCc3ccccc32)cc1. The topological polar surface area (TPSA) is 70.7 Å². The van der Waals surface area contributed by atoms with E-state index in [4.69, 9.17) is 4.74 Å². The average molecular weight is 367 g/mol. The Kier molecular flexibility index (Phi) is 6.44. The van der Waals surface area contributed by atoms with Gasteiger partial charge in [0.2, 0.25) is 5.91 Å². The molecule has 1 aliphatic rings. The van der Waals surface area contributed by atoms with Crippen molar-refractivity contribution in [2.75, 3.05) is 43.6 Å². The fourth-order valence-corrected chi connectivity index (χ4v) is 3.22. The minimum atomic E-state index is -0.158. The molecule has 27 heavy (non-hydrogen) atoms. The third-order valence-electron chi connectivity index (χ3n) is 4.56. The van der Waals surface area contributed by atoms with Crippen molar-refractivity contribution in [1.82, 2.24) is 5.32 Å². The molecular weight excluding hydrogens is 342 g/mol. The number of ether oxygens (including phenoxy) is 1. The third-order valence-corrected chi connectivity index (χ3v) is 4.56. The first-order valence-corrected chi connectivity index (χ1v) is 9.17. The van der Waals surface area contributed by atoms with E-state index >= 15 is 0 Å². The Balaban J connectivity index is 1.55. The van der Waals surface area contributed by atoms with Gasteiger partial charge in [0.05, 0.1) is 13.2 Å². The maximum atomic E-state index is 12.4. The first-order valence-electron chi connectivity index (χ1n) is 9.17. The Labute approximate surface area is 159 Å². The van der Waals surface area contributed by atoms with Gasteiger partial charge in [-0.1, -0.05) is 18.2 Å². The van der Waals surface area contributed by atoms with Gasteiger partial charge < -0.3 is 20.3 Å². The van der Waals surface area contributed by atoms with Crippen molar-refractivity contribution in [1.29, 1.82) is 0 Å². The number of fused-ring (bicyclic) bond motifs is 1. The summed E-state index contributed by atoms with van der Waals surface area (Å²) >= 11 is 0. The molecule has 0 bridgehead atoms. The van der Waals surface area contributed by atoms with Crippen LogP contribution in [0.5, 0.6) is 0 Å². The molecule has 0 saturated carbocycles. The molecule has 0 radical (unpaired) electrons. The number of nitrogens with one attached hydrogen (secondary N) is 2. The zero-order valence-electron chi connectivity index (χ0n) is 15.5. The van der Waals surface area contributed by atoms with E-state index in [0.29, 0.717) is 30.9 Å². The van der Waals surface area contributed by atoms with Crippen LogP contribution in [0.2, 0.25) is 0 Å². The van der Waals surface area contributed by atoms with Gasteiger partial charge in [0.15, 0.2) is 0 Å². The summed E-state index contributed by atoms with van der Waals surface area (Å²) in [6.07, 6.45) is 2.11. The van der Waals surface area contributed by atoms with E-state index in [9.17, 15) is 9.59 Å². The molecule has 2 aromatic carbocycles. The lowest BCUT2D eigenvalue weighted by atomic mass is 10.0. The number of para-hydroxylation sites is 1. The second-order valence-corrected chi connectivity index (χ2v) is 6.53. The number of hydrogen-bond donors (Lipinski definition) is 2. The number of nitrogens with zero attached hydrogens (tertiary/aromatic N) is 1. The Hall–Kier alpha value is -2.86. The van der Waals surface area contributed by atoms with E-state index in [-0.39, 0.29) is 11.8 Å². The van der Waals surface area contributed by atoms with E-state index < -0.39 is 0 Å². The smallest absolute Gasteiger partial charge is 0.251 e. The first kappa shape index (κ1) is 18.9. The number of hydrogen-bond acceptors (Lipinski definition) is 4. The molecule has 0 spiro atoms. The molecule has 2 amide bonds. The fraction of sp³-hybridized carbons (Fsp3) is 0.333. The maximum Gasteiger partial charge on any atom is 0.251 e. The Morgan fingerprint density at radius 3 is 2.67 bits per heavy atom. The summed E-state index contributed by atoms with van der Waals surface area (Å²) in [6.45, 7) is 2.13. The van der Waals surface area contributed by atoms with E-state index in [2.05, 4.69) is 27.7 Å². The molecule has 2 N–H and O–H groups in total. The van der Waals surface area contributed by atoms with Crippen molar-refractivity contribution in [3.8, 4) is 0 Å². The number of amides is 2. The van der Waals surface area contributed by atoms with Crippen molar-refractivity contribution >= 4 is 23.2 Å². The molecule has 0 fully saturated rings. The highest BCUT2D eigenvalue weighted by molar-refractivity contribution is 5.96. The third kappa shape index (κ3) is 5.08. The van der Waals surface area contributed by atoms with Crippen LogP contribution in [0.1, 0.15) is 22.3 Å². The van der Waals surface area contributed by atoms with Crippen LogP contribution in [0, 0.1) is 0 Å². The number of anilines is 2. The van der Waals surface area contributed by atoms with Crippen LogP contribution in [0.25, 0.3) is 0 Å². The van der Waals surface area contributed by atoms with Crippen molar-refractivity contribution in [3.05, 3.63) is 59.7 Å². The Morgan fingerprint density at radius 1 is 1.11 bits per heavy atom. The highest BCUT2D eigenvalue weighted by Crippen LogP contribution is 2.26. The van der Waals surface area contributed by atoms with Gasteiger partial charge >= 0.3 is 0 Å². The molecule has 0 unspecified atom stereocenters. The number of carbonyl (C=O) groups is 2. The van der Waals surface area contributed by atoms with Crippen LogP contribution in [-0.4, -0.2) is 45.2 Å². The lowest BCUT2D eigenvalue weighted by Gasteiger charge is -2.30. The molecule has 1 heterocycles. The second-order valence-electron chi connectivity index (χ2n) is 6.53. The maximum absolute atomic E-state index is 12.4. The number of methoxy groups -OCH3 is 1. The standard InChI is InChI=1S/C21H25N3O3/c1-27-14-12-22-21(26)17-8-10-18(11-9-17)23-20(25)15-24-13-4-6-16-5-2-3-7-19(16)24/h2-3,5,7-11H,4,6,12-15H2,1H3,(H,22,26)(H,23,25). The van der Waals surface area contributed by atoms with Gasteiger partial charge in [0.25, 0.3) is 5.91 Å². The first-order chi connectivity index (χ1) is 13.2. The molecule has 0 saturated heterocycles. The predicted molar refractivity (Wildman–Crippen MR) is 106 cm³/mol. The Morgan fingerprint density at radius 2 is 1.89 bits per heavy atom. The minimum absolute atomic E-state index is 0.0657. The highest BCUT2D eigenvalue weighted by Gasteiger charge is 2.18. The summed E-state index contributed by atoms with van der Waals surface area (Å²) in [6, 6.07) is 15.1. The fourth-order valence-electron chi connectivity index (χ4n) is 3.22. The van der Waals surface area contributed by atoms with Gasteiger partial charge in [-0.25, -0.2) is 0 Å². The average Bonchev–Trinajstić information content (AvgIpc) is 2.69. The monoisotopic (exact) mass is 367 g/mol. The summed E-state index contributed by atoms with van der Waals surface area (Å²) in [5, 5.41) is 5.67. The number of aryl methyl sites for hydroxylation is 1. The van der Waals surface area contributed by atoms with Crippen molar-refractivity contribution in [2.24, 2.45) is 0 Å². The summed E-state index contributed by atoms with van der Waals surface area (Å²) in [5.74, 6) is -0.223. The number of carbonyl (C=O) groups excluding carboxylic acids is 2. The number of benzene rings is 2. The normalized spacial score (nSPS) is 13.0. The molecule has 3 rings (SSSR count). The van der Waals surface area contributed by atoms with Gasteiger partial charge in [0, 0.05) is 37.1 Å². The van der Waals surface area contributed by atoms with Crippen LogP contribution in [-0.2, 0) is 16.0 Å². The molecule has 1 aliphatic heterocycles. The van der Waals surface area contributed by atoms with Gasteiger partial charge in [-0.15, -0.1) is 0 Å². The molecule has 2 aromatic rings. The van der Waals surface area contributed by atoms with Crippen LogP contribution in [0.3, 0.4) is 0 Å². The van der Waals surface area contributed by atoms with Gasteiger partial charge in [-0.2, -0.15) is 0 Å². The van der Waals surface area contributed by atoms with Crippen molar-refractivity contribution in [2.45, 2.75) is 12.8 Å². The lowest BCUT2D eigenvalue weighted by Crippen LogP contribution is -2.36. The minimum Gasteiger partial charge on any atom is -0.383 e. The summed E-state index contributed by atoms with van der Waals surface area (Å²) < 4.78 is 4.91. The highest BCUT2D eigenvalue weighted by atomic mass is 16.5. The molecule has 0 atom stereocenters. The molecular formula is C21H25N3O3. The summed E-state index contributed by atoms with van der Waals surface area (Å²) in [5.41, 5.74) is 3.66. The van der Waals surface area contributed by atoms with Crippen molar-refractivity contribution in [3.63, 3.8) is 0 Å². The quantitative estimate of drug-likeness (QED) is 0.738. The predicted octanol–water partition coefficient (Wildman–Crippen LogP) is 2.45. The molecule has 0 aromatic heterocycles. The van der Waals surface area contributed by atoms with E-state index in [1.807, 2.05) is 12.1 Å². The zero-order chi connectivity index (χ0) is 19.1. The van der Waals surface area contributed by atoms with Gasteiger partial charge in [-0.05, 0) is 48.7 Å². The largest absolute Gasteiger partial charge is 0.383 e. The van der Waals surface area contributed by atoms with E-state index in [0.717, 1.165) is 25.1 Å². The zero-order valence-corrected chi connectivity index (χ0v) is 15.5. The van der Waals surface area contributed by atoms with E-state index in [1.54, 1.807) is 31.4 Å². The lowest BCUT2D eigenvalue weighted by molar-refractivity contribution is -0.115. The van der Waals surface area contributed by atoms with Gasteiger partial charge in [0.1, 0.15) is 0 Å². The summed E-state index contributed by atoms with van der Waals surface area (Å²) in [7, 11) is 1.59. The summed E-state index contributed by atoms with van der Waals surface area (Å²) in [4.78, 5) is 26.5. The molecule has 142 valence electrons.